The number of aromatic nitrogens is 2. The molecule has 1 aromatic heterocycles. The molecule has 0 aliphatic carbocycles. The first kappa shape index (κ1) is 20.9. The molecule has 31 heavy (non-hydrogen) atoms. The summed E-state index contributed by atoms with van der Waals surface area (Å²) in [5.41, 5.74) is 2.65. The predicted molar refractivity (Wildman–Crippen MR) is 115 cm³/mol. The zero-order valence-electron chi connectivity index (χ0n) is 17.9. The largest absolute Gasteiger partial charge is 0.494 e. The van der Waals surface area contributed by atoms with Crippen molar-refractivity contribution in [3.8, 4) is 17.2 Å². The maximum atomic E-state index is 13.3. The van der Waals surface area contributed by atoms with E-state index in [4.69, 9.17) is 9.47 Å². The highest BCUT2D eigenvalue weighted by Crippen LogP contribution is 2.31. The number of carbonyl (C=O) groups excluding carboxylic acids is 1. The van der Waals surface area contributed by atoms with E-state index in [-0.39, 0.29) is 17.8 Å². The summed E-state index contributed by atoms with van der Waals surface area (Å²) >= 11 is 0. The van der Waals surface area contributed by atoms with Gasteiger partial charge in [0.2, 0.25) is 0 Å². The molecule has 1 aliphatic rings. The van der Waals surface area contributed by atoms with Gasteiger partial charge in [-0.15, -0.1) is 0 Å². The van der Waals surface area contributed by atoms with Crippen LogP contribution in [0.1, 0.15) is 37.1 Å². The van der Waals surface area contributed by atoms with Crippen LogP contribution in [0.25, 0.3) is 5.69 Å². The Morgan fingerprint density at radius 3 is 2.65 bits per heavy atom. The van der Waals surface area contributed by atoms with Gasteiger partial charge in [0.05, 0.1) is 30.9 Å². The summed E-state index contributed by atoms with van der Waals surface area (Å²) in [6.07, 6.45) is 4.56. The first-order valence-corrected chi connectivity index (χ1v) is 10.4. The number of methoxy groups -OCH3 is 1. The summed E-state index contributed by atoms with van der Waals surface area (Å²) in [7, 11) is 1.60. The van der Waals surface area contributed by atoms with Crippen LogP contribution in [0.15, 0.2) is 55.0 Å². The van der Waals surface area contributed by atoms with Crippen LogP contribution in [0, 0.1) is 12.7 Å². The average molecular weight is 423 g/mol. The fraction of sp³-hybridized carbons (Fsp3) is 0.333. The zero-order chi connectivity index (χ0) is 22.0. The van der Waals surface area contributed by atoms with Gasteiger partial charge in [0.1, 0.15) is 17.3 Å². The Kier molecular flexibility index (Phi) is 5.93. The Morgan fingerprint density at radius 2 is 1.97 bits per heavy atom. The summed E-state index contributed by atoms with van der Waals surface area (Å²) in [5, 5.41) is 0. The number of piperidine rings is 1. The molecule has 0 N–H and O–H groups in total. The topological polar surface area (TPSA) is 56.6 Å². The molecule has 162 valence electrons. The van der Waals surface area contributed by atoms with Gasteiger partial charge in [-0.05, 0) is 56.5 Å². The highest BCUT2D eigenvalue weighted by atomic mass is 19.1. The number of benzene rings is 2. The highest BCUT2D eigenvalue weighted by molar-refractivity contribution is 5.82. The first-order valence-electron chi connectivity index (χ1n) is 10.4. The molecule has 1 amide bonds. The Bertz CT molecular complexity index is 1060. The van der Waals surface area contributed by atoms with Crippen molar-refractivity contribution < 1.29 is 18.7 Å². The number of likely N-dealkylation sites (tertiary alicyclic amines) is 1. The van der Waals surface area contributed by atoms with Crippen LogP contribution in [-0.2, 0) is 4.79 Å². The van der Waals surface area contributed by atoms with E-state index in [0.717, 1.165) is 23.4 Å². The van der Waals surface area contributed by atoms with E-state index in [1.165, 1.54) is 12.1 Å². The van der Waals surface area contributed by atoms with Crippen molar-refractivity contribution in [1.82, 2.24) is 14.5 Å². The van der Waals surface area contributed by atoms with Crippen molar-refractivity contribution in [2.24, 2.45) is 0 Å². The van der Waals surface area contributed by atoms with E-state index >= 15 is 0 Å². The molecule has 3 aromatic rings. The molecule has 2 heterocycles. The molecule has 4 rings (SSSR count). The summed E-state index contributed by atoms with van der Waals surface area (Å²) in [4.78, 5) is 19.2. The number of nitrogens with zero attached hydrogens (tertiary/aromatic N) is 3. The lowest BCUT2D eigenvalue weighted by Gasteiger charge is -2.36. The maximum absolute atomic E-state index is 13.3. The van der Waals surface area contributed by atoms with Crippen LogP contribution >= 0.6 is 0 Å². The van der Waals surface area contributed by atoms with Gasteiger partial charge in [-0.3, -0.25) is 4.79 Å². The predicted octanol–water partition coefficient (Wildman–Crippen LogP) is 4.46. The third-order valence-corrected chi connectivity index (χ3v) is 5.66. The van der Waals surface area contributed by atoms with Gasteiger partial charge in [-0.25, -0.2) is 9.37 Å². The van der Waals surface area contributed by atoms with E-state index < -0.39 is 6.10 Å². The quantitative estimate of drug-likeness (QED) is 0.587. The smallest absolute Gasteiger partial charge is 0.264 e. The van der Waals surface area contributed by atoms with Gasteiger partial charge >= 0.3 is 0 Å². The summed E-state index contributed by atoms with van der Waals surface area (Å²) in [5.74, 6) is 0.864. The number of imidazole rings is 1. The van der Waals surface area contributed by atoms with Gasteiger partial charge in [0.25, 0.3) is 5.91 Å². The Hall–Kier alpha value is -3.35. The molecule has 1 fully saturated rings. The lowest BCUT2D eigenvalue weighted by Crippen LogP contribution is -2.47. The molecule has 0 bridgehead atoms. The third-order valence-electron chi connectivity index (χ3n) is 5.66. The van der Waals surface area contributed by atoms with Gasteiger partial charge in [0, 0.05) is 18.8 Å². The fourth-order valence-corrected chi connectivity index (χ4v) is 3.94. The van der Waals surface area contributed by atoms with Gasteiger partial charge in [-0.1, -0.05) is 12.1 Å². The number of amides is 1. The first-order chi connectivity index (χ1) is 15.0. The second kappa shape index (κ2) is 8.79. The minimum absolute atomic E-state index is 0.0589. The van der Waals surface area contributed by atoms with Gasteiger partial charge < -0.3 is 18.9 Å². The van der Waals surface area contributed by atoms with E-state index in [9.17, 15) is 9.18 Å². The Balaban J connectivity index is 1.51. The molecule has 7 heteroatoms. The lowest BCUT2D eigenvalue weighted by atomic mass is 10.0. The minimum Gasteiger partial charge on any atom is -0.494 e. The molecule has 6 nitrogen and oxygen atoms in total. The highest BCUT2D eigenvalue weighted by Gasteiger charge is 2.33. The van der Waals surface area contributed by atoms with E-state index in [1.54, 1.807) is 36.5 Å². The second-order valence-corrected chi connectivity index (χ2v) is 7.76. The number of aryl methyl sites for hydroxylation is 1. The molecule has 2 atom stereocenters. The van der Waals surface area contributed by atoms with Crippen molar-refractivity contribution in [2.45, 2.75) is 38.8 Å². The summed E-state index contributed by atoms with van der Waals surface area (Å²) in [6.45, 7) is 4.53. The van der Waals surface area contributed by atoms with Crippen molar-refractivity contribution in [2.75, 3.05) is 13.7 Å². The number of rotatable bonds is 6. The number of ether oxygens (including phenoxy) is 2. The Morgan fingerprint density at radius 1 is 1.19 bits per heavy atom. The fourth-order valence-electron chi connectivity index (χ4n) is 3.94. The molecule has 0 saturated carbocycles. The molecule has 2 unspecified atom stereocenters. The normalized spacial score (nSPS) is 17.5. The van der Waals surface area contributed by atoms with Crippen molar-refractivity contribution in [3.63, 3.8) is 0 Å². The van der Waals surface area contributed by atoms with Crippen LogP contribution < -0.4 is 9.47 Å². The third kappa shape index (κ3) is 4.40. The molecule has 2 aromatic carbocycles. The van der Waals surface area contributed by atoms with Crippen molar-refractivity contribution >= 4 is 5.91 Å². The minimum atomic E-state index is -0.567. The maximum Gasteiger partial charge on any atom is 0.264 e. The summed E-state index contributed by atoms with van der Waals surface area (Å²) in [6, 6.07) is 11.7. The number of hydrogen-bond acceptors (Lipinski definition) is 4. The molecule has 0 spiro atoms. The molecule has 1 saturated heterocycles. The van der Waals surface area contributed by atoms with Crippen LogP contribution in [0.2, 0.25) is 0 Å². The summed E-state index contributed by atoms with van der Waals surface area (Å²) < 4.78 is 26.8. The SMILES string of the molecule is COc1cc(OC2CCCN(C(C)c3ccc(F)cc3)C2=O)ccc1-n1cnc(C)c1. The molecular formula is C24H26FN3O3. The van der Waals surface area contributed by atoms with Crippen LogP contribution in [0.4, 0.5) is 4.39 Å². The van der Waals surface area contributed by atoms with Crippen LogP contribution in [0.3, 0.4) is 0 Å². The van der Waals surface area contributed by atoms with E-state index in [2.05, 4.69) is 4.98 Å². The number of carbonyl (C=O) groups is 1. The van der Waals surface area contributed by atoms with Crippen molar-refractivity contribution in [1.29, 1.82) is 0 Å². The molecular weight excluding hydrogens is 397 g/mol. The van der Waals surface area contributed by atoms with Crippen LogP contribution in [0.5, 0.6) is 11.5 Å². The van der Waals surface area contributed by atoms with Gasteiger partial charge in [0.15, 0.2) is 6.10 Å². The zero-order valence-corrected chi connectivity index (χ0v) is 17.9. The van der Waals surface area contributed by atoms with E-state index in [0.29, 0.717) is 24.5 Å². The Labute approximate surface area is 181 Å². The molecule has 1 aliphatic heterocycles. The standard InChI is InChI=1S/C24H26FN3O3/c1-16-14-27(15-26-16)21-11-10-20(13-23(21)30-3)31-22-5-4-12-28(24(22)29)17(2)18-6-8-19(25)9-7-18/h6-11,13-15,17,22H,4-5,12H2,1-3H3. The average Bonchev–Trinajstić information content (AvgIpc) is 3.21. The van der Waals surface area contributed by atoms with Gasteiger partial charge in [-0.2, -0.15) is 0 Å². The lowest BCUT2D eigenvalue weighted by molar-refractivity contribution is -0.144. The second-order valence-electron chi connectivity index (χ2n) is 7.76. The van der Waals surface area contributed by atoms with Crippen LogP contribution in [-0.4, -0.2) is 40.1 Å². The van der Waals surface area contributed by atoms with E-state index in [1.807, 2.05) is 36.7 Å². The number of hydrogen-bond donors (Lipinski definition) is 0. The number of halogens is 1. The molecule has 0 radical (unpaired) electrons. The monoisotopic (exact) mass is 423 g/mol. The van der Waals surface area contributed by atoms with Crippen molar-refractivity contribution in [3.05, 3.63) is 72.1 Å².